The van der Waals surface area contributed by atoms with Crippen molar-refractivity contribution in [3.8, 4) is 5.75 Å². The summed E-state index contributed by atoms with van der Waals surface area (Å²) < 4.78 is 116. The second-order valence-electron chi connectivity index (χ2n) is 11.2. The van der Waals surface area contributed by atoms with Crippen molar-refractivity contribution in [2.24, 2.45) is 5.92 Å². The molecule has 1 aliphatic rings. The highest BCUT2D eigenvalue weighted by Gasteiger charge is 2.35. The molecule has 9 heteroatoms. The van der Waals surface area contributed by atoms with Crippen molar-refractivity contribution in [2.75, 3.05) is 19.6 Å². The summed E-state index contributed by atoms with van der Waals surface area (Å²) in [6.45, 7) is -0.869. The van der Waals surface area contributed by atoms with Gasteiger partial charge in [0.1, 0.15) is 11.8 Å². The van der Waals surface area contributed by atoms with Crippen molar-refractivity contribution in [1.82, 2.24) is 20.9 Å². The Bertz CT molecular complexity index is 2010. The summed E-state index contributed by atoms with van der Waals surface area (Å²) in [4.78, 5) is 41.3. The summed E-state index contributed by atoms with van der Waals surface area (Å²) in [5.74, 6) is -2.58. The van der Waals surface area contributed by atoms with Crippen LogP contribution in [0, 0.1) is 19.8 Å². The van der Waals surface area contributed by atoms with Gasteiger partial charge in [0.15, 0.2) is 6.61 Å². The first-order valence-corrected chi connectivity index (χ1v) is 14.9. The fourth-order valence-corrected chi connectivity index (χ4v) is 5.08. The van der Waals surface area contributed by atoms with Gasteiger partial charge in [-0.15, -0.1) is 0 Å². The van der Waals surface area contributed by atoms with Crippen LogP contribution < -0.4 is 20.7 Å². The van der Waals surface area contributed by atoms with Crippen molar-refractivity contribution >= 4 is 17.8 Å². The number of aliphatic hydroxyl groups is 1. The number of nitrogens with zero attached hydrogens (tertiary/aromatic N) is 1. The van der Waals surface area contributed by atoms with E-state index >= 15 is 0 Å². The van der Waals surface area contributed by atoms with E-state index in [1.807, 2.05) is 6.07 Å². The predicted molar refractivity (Wildman–Crippen MR) is 180 cm³/mol. The first-order valence-electron chi connectivity index (χ1n) is 21.4. The van der Waals surface area contributed by atoms with Gasteiger partial charge in [-0.2, -0.15) is 0 Å². The third-order valence-corrected chi connectivity index (χ3v) is 7.28. The number of amides is 4. The molecule has 0 spiro atoms. The van der Waals surface area contributed by atoms with Gasteiger partial charge in [0.2, 0.25) is 5.91 Å². The first-order chi connectivity index (χ1) is 27.2. The van der Waals surface area contributed by atoms with Gasteiger partial charge in [-0.3, -0.25) is 9.59 Å². The van der Waals surface area contributed by atoms with Gasteiger partial charge in [0.25, 0.3) is 5.91 Å². The number of nitrogens with one attached hydrogen (secondary N) is 3. The lowest BCUT2D eigenvalue weighted by molar-refractivity contribution is -0.128. The quantitative estimate of drug-likeness (QED) is 0.197. The van der Waals surface area contributed by atoms with Crippen LogP contribution in [0.1, 0.15) is 66.7 Å². The maximum Gasteiger partial charge on any atom is 0.318 e. The number of hydrogen-bond acceptors (Lipinski definition) is 5. The lowest BCUT2D eigenvalue weighted by Crippen LogP contribution is -2.59. The maximum atomic E-state index is 14.4. The molecule has 1 heterocycles. The van der Waals surface area contributed by atoms with Crippen molar-refractivity contribution in [2.45, 2.75) is 77.5 Å². The van der Waals surface area contributed by atoms with Crippen LogP contribution in [0.25, 0.3) is 0 Å². The number of aryl methyl sites for hydroxylation is 2. The summed E-state index contributed by atoms with van der Waals surface area (Å²) in [5.41, 5.74) is 1.24. The van der Waals surface area contributed by atoms with E-state index in [1.54, 1.807) is 61.6 Å². The van der Waals surface area contributed by atoms with E-state index in [-0.39, 0.29) is 11.3 Å². The third kappa shape index (κ3) is 9.81. The first kappa shape index (κ1) is 20.7. The van der Waals surface area contributed by atoms with Crippen LogP contribution in [0.4, 0.5) is 4.79 Å². The lowest BCUT2D eigenvalue weighted by atomic mass is 9.92. The van der Waals surface area contributed by atoms with Crippen LogP contribution >= 0.6 is 0 Å². The average Bonchev–Trinajstić information content (AvgIpc) is 3.13. The summed E-state index contributed by atoms with van der Waals surface area (Å²) in [7, 11) is 0. The molecule has 4 rings (SSSR count). The number of carbonyl (C=O) groups is 3. The summed E-state index contributed by atoms with van der Waals surface area (Å²) in [6.07, 6.45) is -9.19. The van der Waals surface area contributed by atoms with Gasteiger partial charge < -0.3 is 30.7 Å². The minimum absolute atomic E-state index is 0.0463. The molecule has 9 nitrogen and oxygen atoms in total. The molecule has 0 unspecified atom stereocenters. The molecule has 3 aromatic carbocycles. The van der Waals surface area contributed by atoms with Gasteiger partial charge in [-0.25, -0.2) is 4.79 Å². The third-order valence-electron chi connectivity index (χ3n) is 7.28. The molecule has 1 saturated heterocycles. The molecule has 1 aliphatic heterocycles. The van der Waals surface area contributed by atoms with Crippen molar-refractivity contribution in [3.63, 3.8) is 0 Å². The summed E-state index contributed by atoms with van der Waals surface area (Å²) >= 11 is 0. The Balaban J connectivity index is 1.79. The van der Waals surface area contributed by atoms with Gasteiger partial charge >= 0.3 is 6.03 Å². The largest absolute Gasteiger partial charge is 0.483 e. The van der Waals surface area contributed by atoms with Crippen LogP contribution in [0.5, 0.6) is 5.75 Å². The molecule has 0 aromatic heterocycles. The lowest BCUT2D eigenvalue weighted by Gasteiger charge is -2.37. The average molecular weight is 642 g/mol. The number of ether oxygens (including phenoxy) is 1. The molecule has 0 bridgehead atoms. The molecule has 3 aromatic rings. The number of benzene rings is 3. The zero-order valence-electron chi connectivity index (χ0n) is 39.2. The van der Waals surface area contributed by atoms with E-state index in [0.29, 0.717) is 11.3 Å². The Hall–Kier alpha value is -4.37. The second kappa shape index (κ2) is 16.8. The Morgan fingerprint density at radius 1 is 1.04 bits per heavy atom. The number of aliphatic hydroxyl groups excluding tert-OH is 1. The SMILES string of the molecule is [2H]c1c([2H])c([2H])c(C([2H])([2H])[C@@H](C[C@H](O)[C@H](Cc2ccccc2)NC(=O)COc2c(C)cccc2C)NC(=O)[C@H](C(C)C)N2C(=O)NC([2H])([2H])C([2H])([2H])C2([2H])[2H])c([2H])c1[2H]. The molecule has 1 fully saturated rings. The predicted octanol–water partition coefficient (Wildman–Crippen LogP) is 4.33. The maximum absolute atomic E-state index is 14.4. The van der Waals surface area contributed by atoms with Gasteiger partial charge in [-0.05, 0) is 67.6 Å². The van der Waals surface area contributed by atoms with Gasteiger partial charge in [-0.1, -0.05) is 92.6 Å². The Morgan fingerprint density at radius 3 is 2.41 bits per heavy atom. The fraction of sp³-hybridized carbons (Fsp3) is 0.432. The Kier molecular flexibility index (Phi) is 7.56. The molecule has 0 saturated carbocycles. The fourth-order valence-electron chi connectivity index (χ4n) is 5.08. The van der Waals surface area contributed by atoms with E-state index in [1.165, 1.54) is 13.8 Å². The van der Waals surface area contributed by atoms with Crippen molar-refractivity contribution in [3.05, 3.63) is 101 Å². The topological polar surface area (TPSA) is 120 Å². The van der Waals surface area contributed by atoms with E-state index in [0.717, 1.165) is 11.1 Å². The number of rotatable bonds is 15. The Labute approximate surface area is 291 Å². The van der Waals surface area contributed by atoms with Crippen LogP contribution in [0.15, 0.2) is 78.7 Å². The van der Waals surface area contributed by atoms with E-state index in [9.17, 15) is 22.2 Å². The van der Waals surface area contributed by atoms with E-state index in [4.69, 9.17) is 19.8 Å². The van der Waals surface area contributed by atoms with Crippen LogP contribution in [0.3, 0.4) is 0 Å². The van der Waals surface area contributed by atoms with E-state index in [2.05, 4.69) is 10.6 Å². The van der Waals surface area contributed by atoms with Gasteiger partial charge in [0, 0.05) is 30.0 Å². The van der Waals surface area contributed by atoms with Crippen molar-refractivity contribution in [1.29, 1.82) is 0 Å². The van der Waals surface area contributed by atoms with Crippen LogP contribution in [0.2, 0.25) is 0 Å². The van der Waals surface area contributed by atoms with E-state index < -0.39 is 123 Å². The zero-order valence-corrected chi connectivity index (χ0v) is 26.2. The monoisotopic (exact) mass is 641 g/mol. The molecule has 4 atom stereocenters. The molecule has 0 aliphatic carbocycles. The highest BCUT2D eigenvalue weighted by Crippen LogP contribution is 2.22. The normalized spacial score (nSPS) is 23.5. The van der Waals surface area contributed by atoms with Crippen LogP contribution in [-0.2, 0) is 22.4 Å². The molecular formula is C37H48N4O5. The molecule has 46 heavy (non-hydrogen) atoms. The minimum atomic E-state index is -3.48. The number of urea groups is 1. The van der Waals surface area contributed by atoms with Crippen molar-refractivity contribution < 1.29 is 42.0 Å². The number of hydrogen-bond donors (Lipinski definition) is 4. The second-order valence-corrected chi connectivity index (χ2v) is 11.2. The summed E-state index contributed by atoms with van der Waals surface area (Å²) in [5, 5.41) is 18.7. The molecule has 246 valence electrons. The minimum Gasteiger partial charge on any atom is -0.483 e. The zero-order chi connectivity index (χ0) is 44.6. The van der Waals surface area contributed by atoms with Gasteiger partial charge in [0.05, 0.1) is 19.0 Å². The number of para-hydroxylation sites is 1. The number of carbonyl (C=O) groups excluding carboxylic acids is 3. The summed E-state index contributed by atoms with van der Waals surface area (Å²) in [6, 6.07) is 2.69. The standard InChI is InChI=1S/C37H48N4O5/c1-25(2)34(41-20-12-19-38-37(41)45)36(44)39-30(21-28-15-7-5-8-16-28)23-32(42)31(22-29-17-9-6-10-18-29)40-33(43)24-46-35-26(3)13-11-14-27(35)4/h5-11,13-18,25,30-32,34,42H,12,19-24H2,1-4H3,(H,38,45)(H,39,44)(H,40,43)/t30-,31-,32-,34-/m0/s1/i5D,7D,8D,12D2,15D,16D,19D2,20D2,21D2. The molecule has 4 N–H and O–H groups in total. The van der Waals surface area contributed by atoms with Crippen LogP contribution in [-0.4, -0.2) is 71.7 Å². The smallest absolute Gasteiger partial charge is 0.318 e. The highest BCUT2D eigenvalue weighted by atomic mass is 16.5. The molecular weight excluding hydrogens is 580 g/mol. The molecule has 4 amide bonds. The molecule has 0 radical (unpaired) electrons. The highest BCUT2D eigenvalue weighted by molar-refractivity contribution is 5.87. The Morgan fingerprint density at radius 2 is 1.74 bits per heavy atom.